The molecule has 2 N–H and O–H groups in total. The molecule has 7 heteroatoms. The van der Waals surface area contributed by atoms with Gasteiger partial charge in [0.15, 0.2) is 0 Å². The molecule has 0 bridgehead atoms. The topological polar surface area (TPSA) is 84.2 Å². The van der Waals surface area contributed by atoms with E-state index in [-0.39, 0.29) is 24.6 Å². The van der Waals surface area contributed by atoms with Crippen LogP contribution in [-0.4, -0.2) is 32.3 Å². The van der Waals surface area contributed by atoms with Gasteiger partial charge in [-0.25, -0.2) is 13.9 Å². The van der Waals surface area contributed by atoms with Crippen LogP contribution in [0.25, 0.3) is 5.69 Å². The fourth-order valence-electron chi connectivity index (χ4n) is 2.57. The number of aromatic nitrogens is 2. The van der Waals surface area contributed by atoms with Crippen molar-refractivity contribution in [2.24, 2.45) is 0 Å². The Balaban J connectivity index is 2.25. The molecule has 2 rings (SSSR count). The van der Waals surface area contributed by atoms with Crippen molar-refractivity contribution < 1.29 is 19.1 Å². The fourth-order valence-corrected chi connectivity index (χ4v) is 2.57. The Hall–Kier alpha value is -2.70. The van der Waals surface area contributed by atoms with Crippen LogP contribution in [-0.2, 0) is 16.0 Å². The predicted molar refractivity (Wildman–Crippen MR) is 91.2 cm³/mol. The van der Waals surface area contributed by atoms with Gasteiger partial charge in [-0.2, -0.15) is 5.10 Å². The zero-order valence-electron chi connectivity index (χ0n) is 14.8. The third-order valence-corrected chi connectivity index (χ3v) is 4.44. The summed E-state index contributed by atoms with van der Waals surface area (Å²) in [4.78, 5) is 23.7. The van der Waals surface area contributed by atoms with E-state index in [0.717, 1.165) is 11.3 Å². The van der Waals surface area contributed by atoms with Crippen molar-refractivity contribution in [3.05, 3.63) is 47.0 Å². The van der Waals surface area contributed by atoms with Crippen LogP contribution in [0, 0.1) is 19.7 Å². The number of rotatable bonds is 6. The first-order valence-corrected chi connectivity index (χ1v) is 8.03. The summed E-state index contributed by atoms with van der Waals surface area (Å²) in [6.07, 6.45) is 0.308. The highest BCUT2D eigenvalue weighted by Crippen LogP contribution is 2.19. The third kappa shape index (κ3) is 3.87. The van der Waals surface area contributed by atoms with Gasteiger partial charge in [0.05, 0.1) is 17.8 Å². The highest BCUT2D eigenvalue weighted by atomic mass is 19.1. The number of hydrogen-bond acceptors (Lipinski definition) is 3. The number of nitrogens with one attached hydrogen (secondary N) is 1. The molecule has 134 valence electrons. The predicted octanol–water partition coefficient (Wildman–Crippen LogP) is 2.54. The summed E-state index contributed by atoms with van der Waals surface area (Å²) in [6.45, 7) is 6.79. The number of carbonyl (C=O) groups is 2. The second-order valence-corrected chi connectivity index (χ2v) is 6.25. The van der Waals surface area contributed by atoms with E-state index in [9.17, 15) is 19.1 Å². The third-order valence-electron chi connectivity index (χ3n) is 4.44. The first-order chi connectivity index (χ1) is 11.7. The molecule has 1 unspecified atom stereocenters. The lowest BCUT2D eigenvalue weighted by Crippen LogP contribution is -2.52. The molecule has 0 spiro atoms. The number of amides is 1. The quantitative estimate of drug-likeness (QED) is 0.841. The van der Waals surface area contributed by atoms with Crippen molar-refractivity contribution >= 4 is 11.9 Å². The minimum absolute atomic E-state index is 0.0295. The molecule has 1 amide bonds. The second kappa shape index (κ2) is 7.04. The zero-order valence-corrected chi connectivity index (χ0v) is 14.8. The molecule has 0 saturated carbocycles. The lowest BCUT2D eigenvalue weighted by Gasteiger charge is -2.24. The van der Waals surface area contributed by atoms with Crippen molar-refractivity contribution in [3.8, 4) is 5.69 Å². The van der Waals surface area contributed by atoms with Gasteiger partial charge in [0.1, 0.15) is 11.4 Å². The average Bonchev–Trinajstić information content (AvgIpc) is 2.83. The van der Waals surface area contributed by atoms with E-state index < -0.39 is 11.5 Å². The number of hydrogen-bond donors (Lipinski definition) is 2. The van der Waals surface area contributed by atoms with E-state index in [0.29, 0.717) is 11.4 Å². The molecule has 25 heavy (non-hydrogen) atoms. The number of carboxylic acid groups (broad SMARTS) is 1. The Labute approximate surface area is 145 Å². The van der Waals surface area contributed by atoms with Crippen LogP contribution in [0.5, 0.6) is 0 Å². The summed E-state index contributed by atoms with van der Waals surface area (Å²) in [6, 6.07) is 5.91. The van der Waals surface area contributed by atoms with Gasteiger partial charge in [-0.05, 0) is 51.5 Å². The number of carboxylic acids is 1. The van der Waals surface area contributed by atoms with Gasteiger partial charge >= 0.3 is 5.97 Å². The Morgan fingerprint density at radius 1 is 1.28 bits per heavy atom. The first kappa shape index (κ1) is 18.6. The van der Waals surface area contributed by atoms with Gasteiger partial charge in [-0.1, -0.05) is 6.92 Å². The lowest BCUT2D eigenvalue weighted by molar-refractivity contribution is -0.146. The van der Waals surface area contributed by atoms with Gasteiger partial charge in [0.2, 0.25) is 5.91 Å². The van der Waals surface area contributed by atoms with Crippen molar-refractivity contribution in [1.29, 1.82) is 0 Å². The van der Waals surface area contributed by atoms with Gasteiger partial charge < -0.3 is 10.4 Å². The number of aryl methyl sites for hydroxylation is 1. The minimum atomic E-state index is -1.30. The largest absolute Gasteiger partial charge is 0.480 e. The van der Waals surface area contributed by atoms with E-state index in [1.807, 2.05) is 6.92 Å². The van der Waals surface area contributed by atoms with E-state index in [1.54, 1.807) is 30.7 Å². The highest BCUT2D eigenvalue weighted by Gasteiger charge is 2.33. The summed E-state index contributed by atoms with van der Waals surface area (Å²) in [5.74, 6) is -1.78. The molecule has 0 saturated heterocycles. The molecule has 0 aliphatic heterocycles. The molecule has 1 heterocycles. The summed E-state index contributed by atoms with van der Waals surface area (Å²) < 4.78 is 14.7. The maximum absolute atomic E-state index is 13.1. The summed E-state index contributed by atoms with van der Waals surface area (Å²) >= 11 is 0. The summed E-state index contributed by atoms with van der Waals surface area (Å²) in [5, 5.41) is 16.3. The Bertz CT molecular complexity index is 799. The Morgan fingerprint density at radius 3 is 2.40 bits per heavy atom. The Kier molecular flexibility index (Phi) is 5.25. The van der Waals surface area contributed by atoms with Gasteiger partial charge in [-0.15, -0.1) is 0 Å². The summed E-state index contributed by atoms with van der Waals surface area (Å²) in [5.41, 5.74) is 1.55. The number of carbonyl (C=O) groups excluding carboxylic acids is 1. The number of halogens is 1. The number of nitrogens with zero attached hydrogens (tertiary/aromatic N) is 2. The van der Waals surface area contributed by atoms with E-state index in [4.69, 9.17) is 0 Å². The van der Waals surface area contributed by atoms with Crippen LogP contribution in [0.2, 0.25) is 0 Å². The van der Waals surface area contributed by atoms with Crippen LogP contribution in [0.3, 0.4) is 0 Å². The molecule has 0 radical (unpaired) electrons. The molecule has 6 nitrogen and oxygen atoms in total. The molecular formula is C18H22FN3O3. The number of benzene rings is 1. The normalized spacial score (nSPS) is 13.3. The highest BCUT2D eigenvalue weighted by molar-refractivity contribution is 5.87. The van der Waals surface area contributed by atoms with Crippen molar-refractivity contribution in [1.82, 2.24) is 15.1 Å². The molecular weight excluding hydrogens is 325 g/mol. The van der Waals surface area contributed by atoms with Gasteiger partial charge in [0.25, 0.3) is 0 Å². The summed E-state index contributed by atoms with van der Waals surface area (Å²) in [7, 11) is 0. The first-order valence-electron chi connectivity index (χ1n) is 8.03. The van der Waals surface area contributed by atoms with E-state index in [1.165, 1.54) is 19.1 Å². The van der Waals surface area contributed by atoms with Crippen molar-refractivity contribution in [2.45, 2.75) is 46.1 Å². The van der Waals surface area contributed by atoms with Crippen molar-refractivity contribution in [2.75, 3.05) is 0 Å². The molecule has 0 aliphatic rings. The average molecular weight is 347 g/mol. The maximum Gasteiger partial charge on any atom is 0.329 e. The lowest BCUT2D eigenvalue weighted by atomic mass is 9.98. The SMILES string of the molecule is CCC(C)(NC(=O)Cc1c(C)nn(-c2ccc(F)cc2)c1C)C(=O)O. The molecule has 1 aromatic carbocycles. The smallest absolute Gasteiger partial charge is 0.329 e. The van der Waals surface area contributed by atoms with E-state index in [2.05, 4.69) is 10.4 Å². The van der Waals surface area contributed by atoms with Crippen LogP contribution in [0.4, 0.5) is 4.39 Å². The zero-order chi connectivity index (χ0) is 18.8. The fraction of sp³-hybridized carbons (Fsp3) is 0.389. The van der Waals surface area contributed by atoms with Crippen LogP contribution in [0.1, 0.15) is 37.2 Å². The molecule has 1 atom stereocenters. The van der Waals surface area contributed by atoms with Crippen LogP contribution < -0.4 is 5.32 Å². The molecule has 2 aromatic rings. The number of aliphatic carboxylic acids is 1. The molecule has 0 fully saturated rings. The van der Waals surface area contributed by atoms with Gasteiger partial charge in [0, 0.05) is 11.3 Å². The maximum atomic E-state index is 13.1. The van der Waals surface area contributed by atoms with Crippen LogP contribution in [0.15, 0.2) is 24.3 Å². The second-order valence-electron chi connectivity index (χ2n) is 6.25. The van der Waals surface area contributed by atoms with E-state index >= 15 is 0 Å². The minimum Gasteiger partial charge on any atom is -0.480 e. The van der Waals surface area contributed by atoms with Crippen LogP contribution >= 0.6 is 0 Å². The monoisotopic (exact) mass is 347 g/mol. The van der Waals surface area contributed by atoms with Gasteiger partial charge in [-0.3, -0.25) is 4.79 Å². The molecule has 1 aromatic heterocycles. The standard InChI is InChI=1S/C18H22FN3O3/c1-5-18(4,17(24)25)20-16(23)10-15-11(2)21-22(12(15)3)14-8-6-13(19)7-9-14/h6-9H,5,10H2,1-4H3,(H,20,23)(H,24,25). The molecule has 0 aliphatic carbocycles. The van der Waals surface area contributed by atoms with Crippen molar-refractivity contribution in [3.63, 3.8) is 0 Å². The Morgan fingerprint density at radius 2 is 1.88 bits per heavy atom.